The SMILES string of the molecule is CNC(Cc1ncnn1C)C1CN2CCCC2CO1. The van der Waals surface area contributed by atoms with E-state index in [9.17, 15) is 0 Å². The molecule has 2 aliphatic rings. The van der Waals surface area contributed by atoms with Gasteiger partial charge in [-0.05, 0) is 26.4 Å². The van der Waals surface area contributed by atoms with Gasteiger partial charge in [-0.15, -0.1) is 0 Å². The summed E-state index contributed by atoms with van der Waals surface area (Å²) in [5.41, 5.74) is 0. The highest BCUT2D eigenvalue weighted by atomic mass is 16.5. The quantitative estimate of drug-likeness (QED) is 0.818. The number of hydrogen-bond acceptors (Lipinski definition) is 5. The predicted molar refractivity (Wildman–Crippen MR) is 71.9 cm³/mol. The lowest BCUT2D eigenvalue weighted by Crippen LogP contribution is -2.54. The Morgan fingerprint density at radius 1 is 1.58 bits per heavy atom. The molecule has 0 radical (unpaired) electrons. The van der Waals surface area contributed by atoms with Crippen LogP contribution in [0, 0.1) is 0 Å². The number of fused-ring (bicyclic) bond motifs is 1. The molecule has 3 atom stereocenters. The molecule has 6 heteroatoms. The zero-order valence-corrected chi connectivity index (χ0v) is 11.7. The van der Waals surface area contributed by atoms with Crippen LogP contribution in [0.5, 0.6) is 0 Å². The minimum Gasteiger partial charge on any atom is -0.374 e. The molecule has 0 bridgehead atoms. The van der Waals surface area contributed by atoms with Crippen molar-refractivity contribution in [3.63, 3.8) is 0 Å². The fourth-order valence-corrected chi connectivity index (χ4v) is 3.21. The van der Waals surface area contributed by atoms with Gasteiger partial charge >= 0.3 is 0 Å². The van der Waals surface area contributed by atoms with Gasteiger partial charge in [-0.3, -0.25) is 9.58 Å². The molecule has 1 aromatic heterocycles. The van der Waals surface area contributed by atoms with Crippen LogP contribution < -0.4 is 5.32 Å². The maximum Gasteiger partial charge on any atom is 0.138 e. The first-order valence-corrected chi connectivity index (χ1v) is 7.13. The summed E-state index contributed by atoms with van der Waals surface area (Å²) in [5.74, 6) is 1.01. The Kier molecular flexibility index (Phi) is 3.81. The third-order valence-electron chi connectivity index (χ3n) is 4.44. The number of aromatic nitrogens is 3. The van der Waals surface area contributed by atoms with Gasteiger partial charge in [-0.1, -0.05) is 0 Å². The van der Waals surface area contributed by atoms with Crippen LogP contribution in [0.4, 0.5) is 0 Å². The van der Waals surface area contributed by atoms with Gasteiger partial charge in [0.15, 0.2) is 0 Å². The van der Waals surface area contributed by atoms with E-state index in [-0.39, 0.29) is 6.10 Å². The molecular weight excluding hydrogens is 242 g/mol. The molecule has 3 rings (SSSR count). The van der Waals surface area contributed by atoms with Crippen molar-refractivity contribution in [2.24, 2.45) is 7.05 Å². The highest BCUT2D eigenvalue weighted by Gasteiger charge is 2.35. The smallest absolute Gasteiger partial charge is 0.138 e. The third kappa shape index (κ3) is 2.66. The Labute approximate surface area is 114 Å². The van der Waals surface area contributed by atoms with E-state index >= 15 is 0 Å². The van der Waals surface area contributed by atoms with Crippen molar-refractivity contribution in [2.45, 2.75) is 37.5 Å². The largest absolute Gasteiger partial charge is 0.374 e. The van der Waals surface area contributed by atoms with Crippen LogP contribution in [0.2, 0.25) is 0 Å². The summed E-state index contributed by atoms with van der Waals surface area (Å²) in [5, 5.41) is 7.51. The van der Waals surface area contributed by atoms with Crippen LogP contribution in [0.25, 0.3) is 0 Å². The maximum absolute atomic E-state index is 6.07. The Morgan fingerprint density at radius 2 is 2.47 bits per heavy atom. The number of nitrogens with one attached hydrogen (secondary N) is 1. The molecule has 0 amide bonds. The van der Waals surface area contributed by atoms with E-state index in [0.29, 0.717) is 12.1 Å². The molecule has 0 spiro atoms. The molecule has 0 aromatic carbocycles. The second kappa shape index (κ2) is 5.56. The normalized spacial score (nSPS) is 29.4. The number of nitrogens with zero attached hydrogens (tertiary/aromatic N) is 4. The van der Waals surface area contributed by atoms with Crippen molar-refractivity contribution in [3.05, 3.63) is 12.2 Å². The average molecular weight is 265 g/mol. The lowest BCUT2D eigenvalue weighted by Gasteiger charge is -2.38. The van der Waals surface area contributed by atoms with Gasteiger partial charge in [-0.2, -0.15) is 5.10 Å². The van der Waals surface area contributed by atoms with Crippen LogP contribution in [-0.2, 0) is 18.2 Å². The van der Waals surface area contributed by atoms with Crippen molar-refractivity contribution in [1.29, 1.82) is 0 Å². The van der Waals surface area contributed by atoms with Crippen LogP contribution in [0.15, 0.2) is 6.33 Å². The van der Waals surface area contributed by atoms with E-state index in [1.54, 1.807) is 6.33 Å². The Bertz CT molecular complexity index is 421. The first kappa shape index (κ1) is 13.0. The Hall–Kier alpha value is -0.980. The molecule has 1 aromatic rings. The summed E-state index contributed by atoms with van der Waals surface area (Å²) >= 11 is 0. The van der Waals surface area contributed by atoms with Crippen molar-refractivity contribution in [1.82, 2.24) is 25.0 Å². The number of rotatable bonds is 4. The standard InChI is InChI=1S/C13H23N5O/c1-14-11(6-13-15-9-16-17(13)2)12-7-18-5-3-4-10(18)8-19-12/h9-12,14H,3-8H2,1-2H3. The summed E-state index contributed by atoms with van der Waals surface area (Å²) in [4.78, 5) is 6.89. The fourth-order valence-electron chi connectivity index (χ4n) is 3.21. The molecule has 1 N–H and O–H groups in total. The molecule has 2 aliphatic heterocycles. The molecule has 3 unspecified atom stereocenters. The second-order valence-electron chi connectivity index (χ2n) is 5.56. The zero-order valence-electron chi connectivity index (χ0n) is 11.7. The van der Waals surface area contributed by atoms with Gasteiger partial charge in [-0.25, -0.2) is 4.98 Å². The lowest BCUT2D eigenvalue weighted by atomic mass is 10.0. The number of aryl methyl sites for hydroxylation is 1. The van der Waals surface area contributed by atoms with Crippen LogP contribution in [-0.4, -0.2) is 64.6 Å². The zero-order chi connectivity index (χ0) is 13.2. The number of hydrogen-bond donors (Lipinski definition) is 1. The monoisotopic (exact) mass is 265 g/mol. The Morgan fingerprint density at radius 3 is 3.21 bits per heavy atom. The van der Waals surface area contributed by atoms with E-state index in [2.05, 4.69) is 20.3 Å². The van der Waals surface area contributed by atoms with Crippen molar-refractivity contribution in [2.75, 3.05) is 26.7 Å². The van der Waals surface area contributed by atoms with E-state index in [4.69, 9.17) is 4.74 Å². The summed E-state index contributed by atoms with van der Waals surface area (Å²) in [7, 11) is 3.94. The molecule has 106 valence electrons. The molecule has 0 saturated carbocycles. The minimum atomic E-state index is 0.246. The topological polar surface area (TPSA) is 55.2 Å². The highest BCUT2D eigenvalue weighted by Crippen LogP contribution is 2.24. The van der Waals surface area contributed by atoms with Crippen molar-refractivity contribution < 1.29 is 4.74 Å². The van der Waals surface area contributed by atoms with Crippen LogP contribution in [0.3, 0.4) is 0 Å². The summed E-state index contributed by atoms with van der Waals surface area (Å²) in [6, 6.07) is 0.952. The van der Waals surface area contributed by atoms with E-state index < -0.39 is 0 Å². The van der Waals surface area contributed by atoms with Gasteiger partial charge in [0, 0.05) is 32.1 Å². The predicted octanol–water partition coefficient (Wildman–Crippen LogP) is -0.191. The molecule has 2 fully saturated rings. The van der Waals surface area contributed by atoms with E-state index in [1.807, 2.05) is 18.8 Å². The van der Waals surface area contributed by atoms with Crippen LogP contribution in [0.1, 0.15) is 18.7 Å². The molecule has 19 heavy (non-hydrogen) atoms. The summed E-state index contributed by atoms with van der Waals surface area (Å²) in [6.45, 7) is 3.14. The van der Waals surface area contributed by atoms with Gasteiger partial charge in [0.25, 0.3) is 0 Å². The third-order valence-corrected chi connectivity index (χ3v) is 4.44. The minimum absolute atomic E-state index is 0.246. The average Bonchev–Trinajstić information content (AvgIpc) is 3.04. The van der Waals surface area contributed by atoms with Gasteiger partial charge in [0.1, 0.15) is 12.2 Å². The number of ether oxygens (including phenoxy) is 1. The maximum atomic E-state index is 6.07. The highest BCUT2D eigenvalue weighted by molar-refractivity contribution is 4.95. The van der Waals surface area contributed by atoms with Gasteiger partial charge < -0.3 is 10.1 Å². The summed E-state index contributed by atoms with van der Waals surface area (Å²) < 4.78 is 7.91. The molecule has 3 heterocycles. The first-order valence-electron chi connectivity index (χ1n) is 7.13. The first-order chi connectivity index (χ1) is 9.28. The van der Waals surface area contributed by atoms with Gasteiger partial charge in [0.2, 0.25) is 0 Å². The second-order valence-corrected chi connectivity index (χ2v) is 5.56. The molecule has 0 aliphatic carbocycles. The number of likely N-dealkylation sites (N-methyl/N-ethyl adjacent to an activating group) is 1. The molecular formula is C13H23N5O. The van der Waals surface area contributed by atoms with E-state index in [1.165, 1.54) is 19.4 Å². The lowest BCUT2D eigenvalue weighted by molar-refractivity contribution is -0.0637. The Balaban J connectivity index is 1.64. The van der Waals surface area contributed by atoms with E-state index in [0.717, 1.165) is 25.4 Å². The summed E-state index contributed by atoms with van der Waals surface area (Å²) in [6.07, 6.45) is 5.32. The number of morpholine rings is 1. The van der Waals surface area contributed by atoms with Crippen molar-refractivity contribution >= 4 is 0 Å². The fraction of sp³-hybridized carbons (Fsp3) is 0.846. The van der Waals surface area contributed by atoms with Crippen LogP contribution >= 0.6 is 0 Å². The van der Waals surface area contributed by atoms with Gasteiger partial charge in [0.05, 0.1) is 12.7 Å². The molecule has 6 nitrogen and oxygen atoms in total. The molecule has 2 saturated heterocycles. The van der Waals surface area contributed by atoms with Crippen molar-refractivity contribution in [3.8, 4) is 0 Å².